The van der Waals surface area contributed by atoms with Crippen LogP contribution in [0.5, 0.6) is 0 Å². The van der Waals surface area contributed by atoms with Crippen molar-refractivity contribution >= 4 is 27.3 Å². The average Bonchev–Trinajstić information content (AvgIpc) is 3.18. The minimum Gasteiger partial charge on any atom is -0.370 e. The number of alkyl halides is 3. The number of nitro groups is 1. The van der Waals surface area contributed by atoms with E-state index in [9.17, 15) is 32.9 Å². The van der Waals surface area contributed by atoms with Crippen molar-refractivity contribution in [2.45, 2.75) is 19.4 Å². The van der Waals surface area contributed by atoms with Gasteiger partial charge >= 0.3 is 11.9 Å². The molecule has 0 N–H and O–H groups in total. The van der Waals surface area contributed by atoms with Crippen molar-refractivity contribution in [2.24, 2.45) is 7.05 Å². The number of halogens is 3. The summed E-state index contributed by atoms with van der Waals surface area (Å²) >= 11 is 1.16. The van der Waals surface area contributed by atoms with Crippen LogP contribution in [0.25, 0.3) is 15.8 Å². The average molecular weight is 492 g/mol. The minimum atomic E-state index is -4.85. The van der Waals surface area contributed by atoms with E-state index in [1.54, 1.807) is 18.2 Å². The molecule has 4 rings (SSSR count). The van der Waals surface area contributed by atoms with E-state index in [-0.39, 0.29) is 24.6 Å². The maximum absolute atomic E-state index is 13.1. The molecule has 0 radical (unpaired) electrons. The van der Waals surface area contributed by atoms with Crippen LogP contribution in [0.4, 0.5) is 18.9 Å². The number of non-ortho nitro benzene ring substituents is 1. The monoisotopic (exact) mass is 492 g/mol. The summed E-state index contributed by atoms with van der Waals surface area (Å²) in [4.78, 5) is 35.2. The molecule has 176 valence electrons. The summed E-state index contributed by atoms with van der Waals surface area (Å²) < 4.78 is 51.0. The van der Waals surface area contributed by atoms with Crippen LogP contribution in [-0.4, -0.2) is 18.4 Å². The van der Waals surface area contributed by atoms with Crippen LogP contribution in [0.1, 0.15) is 17.0 Å². The standard InChI is InChI=1S/C21H15F3N4O5S/c1-26-18(21(22,23)24)9-19(29)27(20(26)30)14-6-7-17-15(8-14)16(25-34-17)11-33-10-12-2-4-13(5-3-12)28(31)32/h2-9H,10-11H2,1H3. The number of benzene rings is 2. The molecule has 0 aliphatic heterocycles. The molecule has 0 amide bonds. The Morgan fingerprint density at radius 1 is 1.09 bits per heavy atom. The molecular formula is C21H15F3N4O5S. The number of nitrogens with zero attached hydrogens (tertiary/aromatic N) is 4. The van der Waals surface area contributed by atoms with E-state index in [1.165, 1.54) is 24.3 Å². The van der Waals surface area contributed by atoms with Gasteiger partial charge in [-0.25, -0.2) is 9.36 Å². The number of rotatable bonds is 6. The van der Waals surface area contributed by atoms with Gasteiger partial charge in [0.1, 0.15) is 5.69 Å². The third kappa shape index (κ3) is 4.47. The summed E-state index contributed by atoms with van der Waals surface area (Å²) in [5, 5.41) is 11.3. The summed E-state index contributed by atoms with van der Waals surface area (Å²) in [5.74, 6) is 0. The van der Waals surface area contributed by atoms with Gasteiger partial charge < -0.3 is 4.74 Å². The Labute approximate surface area is 192 Å². The Bertz CT molecular complexity index is 1510. The number of hydrogen-bond acceptors (Lipinski definition) is 7. The summed E-state index contributed by atoms with van der Waals surface area (Å²) in [5.41, 5.74) is -2.27. The minimum absolute atomic E-state index is 0.0357. The van der Waals surface area contributed by atoms with E-state index >= 15 is 0 Å². The van der Waals surface area contributed by atoms with Gasteiger partial charge in [0.25, 0.3) is 11.2 Å². The van der Waals surface area contributed by atoms with Crippen LogP contribution in [0.3, 0.4) is 0 Å². The number of ether oxygens (including phenoxy) is 1. The van der Waals surface area contributed by atoms with Gasteiger partial charge in [-0.2, -0.15) is 17.5 Å². The molecule has 0 saturated heterocycles. The van der Waals surface area contributed by atoms with Gasteiger partial charge in [0, 0.05) is 30.6 Å². The Hall–Kier alpha value is -3.84. The molecule has 2 heterocycles. The lowest BCUT2D eigenvalue weighted by molar-refractivity contribution is -0.384. The molecule has 2 aromatic heterocycles. The quantitative estimate of drug-likeness (QED) is 0.299. The number of fused-ring (bicyclic) bond motifs is 1. The topological polar surface area (TPSA) is 109 Å². The van der Waals surface area contributed by atoms with Crippen molar-refractivity contribution in [3.05, 3.63) is 96.4 Å². The van der Waals surface area contributed by atoms with Gasteiger partial charge in [-0.05, 0) is 47.4 Å². The number of nitro benzene ring substituents is 1. The fraction of sp³-hybridized carbons (Fsp3) is 0.190. The highest BCUT2D eigenvalue weighted by atomic mass is 32.1. The van der Waals surface area contributed by atoms with E-state index in [2.05, 4.69) is 4.37 Å². The second-order valence-corrected chi connectivity index (χ2v) is 8.07. The van der Waals surface area contributed by atoms with Crippen molar-refractivity contribution in [1.29, 1.82) is 0 Å². The molecule has 0 bridgehead atoms. The molecule has 13 heteroatoms. The van der Waals surface area contributed by atoms with Gasteiger partial charge in [0.15, 0.2) is 0 Å². The van der Waals surface area contributed by atoms with Crippen LogP contribution < -0.4 is 11.2 Å². The smallest absolute Gasteiger partial charge is 0.370 e. The fourth-order valence-electron chi connectivity index (χ4n) is 3.33. The Morgan fingerprint density at radius 3 is 2.44 bits per heavy atom. The molecule has 0 saturated carbocycles. The van der Waals surface area contributed by atoms with Gasteiger partial charge in [-0.3, -0.25) is 19.5 Å². The molecule has 0 aliphatic carbocycles. The Balaban J connectivity index is 1.61. The second kappa shape index (κ2) is 8.83. The highest BCUT2D eigenvalue weighted by molar-refractivity contribution is 7.13. The van der Waals surface area contributed by atoms with E-state index in [1.807, 2.05) is 0 Å². The van der Waals surface area contributed by atoms with Gasteiger partial charge in [-0.15, -0.1) is 0 Å². The van der Waals surface area contributed by atoms with Crippen molar-refractivity contribution in [3.8, 4) is 5.69 Å². The lowest BCUT2D eigenvalue weighted by Gasteiger charge is -2.14. The fourth-order valence-corrected chi connectivity index (χ4v) is 4.10. The van der Waals surface area contributed by atoms with Crippen molar-refractivity contribution < 1.29 is 22.8 Å². The normalized spacial score (nSPS) is 11.8. The third-order valence-corrected chi connectivity index (χ3v) is 5.92. The molecule has 0 spiro atoms. The van der Waals surface area contributed by atoms with Gasteiger partial charge in [-0.1, -0.05) is 0 Å². The van der Waals surface area contributed by atoms with E-state index in [4.69, 9.17) is 4.74 Å². The van der Waals surface area contributed by atoms with Crippen molar-refractivity contribution in [1.82, 2.24) is 13.5 Å². The van der Waals surface area contributed by atoms with Crippen molar-refractivity contribution in [2.75, 3.05) is 0 Å². The highest BCUT2D eigenvalue weighted by Crippen LogP contribution is 2.28. The zero-order chi connectivity index (χ0) is 24.6. The van der Waals surface area contributed by atoms with E-state index in [0.717, 1.165) is 23.3 Å². The van der Waals surface area contributed by atoms with Crippen LogP contribution in [0, 0.1) is 10.1 Å². The first-order chi connectivity index (χ1) is 16.1. The largest absolute Gasteiger partial charge is 0.431 e. The molecule has 0 fully saturated rings. The Kier molecular flexibility index (Phi) is 6.06. The lowest BCUT2D eigenvalue weighted by atomic mass is 10.2. The summed E-state index contributed by atoms with van der Waals surface area (Å²) in [6, 6.07) is 10.8. The van der Waals surface area contributed by atoms with Crippen LogP contribution in [0.2, 0.25) is 0 Å². The first-order valence-corrected chi connectivity index (χ1v) is 10.4. The van der Waals surface area contributed by atoms with Crippen LogP contribution in [-0.2, 0) is 31.2 Å². The maximum Gasteiger partial charge on any atom is 0.431 e. The van der Waals surface area contributed by atoms with Gasteiger partial charge in [0.05, 0.1) is 34.2 Å². The first kappa shape index (κ1) is 23.3. The number of aromatic nitrogens is 3. The van der Waals surface area contributed by atoms with Crippen LogP contribution >= 0.6 is 11.5 Å². The molecule has 34 heavy (non-hydrogen) atoms. The van der Waals surface area contributed by atoms with Gasteiger partial charge in [0.2, 0.25) is 0 Å². The zero-order valence-electron chi connectivity index (χ0n) is 17.4. The maximum atomic E-state index is 13.1. The van der Waals surface area contributed by atoms with Crippen LogP contribution in [0.15, 0.2) is 58.1 Å². The van der Waals surface area contributed by atoms with E-state index < -0.39 is 28.0 Å². The molecule has 0 atom stereocenters. The predicted molar refractivity (Wildman–Crippen MR) is 117 cm³/mol. The first-order valence-electron chi connectivity index (χ1n) is 9.66. The second-order valence-electron chi connectivity index (χ2n) is 7.27. The number of hydrogen-bond donors (Lipinski definition) is 0. The van der Waals surface area contributed by atoms with Crippen molar-refractivity contribution in [3.63, 3.8) is 0 Å². The molecule has 0 unspecified atom stereocenters. The predicted octanol–water partition coefficient (Wildman–Crippen LogP) is 3.79. The SMILES string of the molecule is Cn1c(C(F)(F)F)cc(=O)n(-c2ccc3snc(COCc4ccc([N+](=O)[O-])cc4)c3c2)c1=O. The summed E-state index contributed by atoms with van der Waals surface area (Å²) in [6.07, 6.45) is -4.85. The summed E-state index contributed by atoms with van der Waals surface area (Å²) in [7, 11) is 0.948. The summed E-state index contributed by atoms with van der Waals surface area (Å²) in [6.45, 7) is 0.232. The molecular weight excluding hydrogens is 477 g/mol. The molecule has 9 nitrogen and oxygen atoms in total. The Morgan fingerprint density at radius 2 is 1.79 bits per heavy atom. The molecule has 0 aliphatic rings. The molecule has 4 aromatic rings. The van der Waals surface area contributed by atoms with E-state index in [0.29, 0.717) is 31.8 Å². The lowest BCUT2D eigenvalue weighted by Crippen LogP contribution is -2.40. The highest BCUT2D eigenvalue weighted by Gasteiger charge is 2.35. The zero-order valence-corrected chi connectivity index (χ0v) is 18.2. The molecule has 2 aromatic carbocycles. The third-order valence-electron chi connectivity index (χ3n) is 5.05.